The van der Waals surface area contributed by atoms with Crippen LogP contribution in [0.4, 0.5) is 0 Å². The summed E-state index contributed by atoms with van der Waals surface area (Å²) in [6, 6.07) is 15.1. The molecule has 0 atom stereocenters. The number of fused-ring (bicyclic) bond motifs is 3. The van der Waals surface area contributed by atoms with Crippen LogP contribution in [0.25, 0.3) is 21.0 Å². The van der Waals surface area contributed by atoms with Crippen LogP contribution in [0.2, 0.25) is 0 Å². The van der Waals surface area contributed by atoms with Gasteiger partial charge in [0, 0.05) is 16.3 Å². The molecule has 1 N–H and O–H groups in total. The Bertz CT molecular complexity index is 890. The number of nitrogens with one attached hydrogen (secondary N) is 1. The Balaban J connectivity index is 1.99. The molecule has 0 aliphatic heterocycles. The molecule has 0 unspecified atom stereocenters. The molecule has 138 valence electrons. The van der Waals surface area contributed by atoms with Gasteiger partial charge in [-0.2, -0.15) is 0 Å². The van der Waals surface area contributed by atoms with Gasteiger partial charge in [-0.1, -0.05) is 72.2 Å². The minimum Gasteiger partial charge on any atom is -0.271 e. The van der Waals surface area contributed by atoms with E-state index in [0.29, 0.717) is 6.04 Å². The van der Waals surface area contributed by atoms with Crippen molar-refractivity contribution in [3.63, 3.8) is 0 Å². The molecule has 1 heterocycles. The van der Waals surface area contributed by atoms with Crippen molar-refractivity contribution in [2.75, 3.05) is 5.09 Å². The summed E-state index contributed by atoms with van der Waals surface area (Å²) >= 11 is 0. The first kappa shape index (κ1) is 18.1. The fourth-order valence-corrected chi connectivity index (χ4v) is 6.38. The first-order valence-electron chi connectivity index (χ1n) is 10.0. The third kappa shape index (κ3) is 3.10. The highest BCUT2D eigenvalue weighted by atomic mass is 31.1. The smallest absolute Gasteiger partial charge is 0.0167 e. The van der Waals surface area contributed by atoms with Gasteiger partial charge in [0.25, 0.3) is 0 Å². The summed E-state index contributed by atoms with van der Waals surface area (Å²) in [4.78, 5) is 0. The SMILES string of the molecule is CC(C)(C)c1ccc2c3ccc(C(C)(C)C)cc3p(NC3CCC3)c2c1. The van der Waals surface area contributed by atoms with Gasteiger partial charge in [-0.05, 0) is 65.4 Å². The normalized spacial score (nSPS) is 16.4. The van der Waals surface area contributed by atoms with Crippen molar-refractivity contribution >= 4 is 28.7 Å². The molecule has 0 bridgehead atoms. The standard InChI is InChI=1S/C24H32NP/c1-23(2,3)16-10-12-19-20-13-11-17(24(4,5)6)15-22(20)26(21(19)14-16)25-18-8-7-9-18/h10-15,18,25H,7-9H2,1-6H3. The van der Waals surface area contributed by atoms with E-state index in [2.05, 4.69) is 83.0 Å². The molecule has 0 radical (unpaired) electrons. The van der Waals surface area contributed by atoms with Crippen LogP contribution in [0.15, 0.2) is 36.4 Å². The summed E-state index contributed by atoms with van der Waals surface area (Å²) in [7, 11) is -0.448. The minimum atomic E-state index is -0.448. The highest BCUT2D eigenvalue weighted by Crippen LogP contribution is 2.50. The molecule has 1 fully saturated rings. The van der Waals surface area contributed by atoms with Gasteiger partial charge in [0.1, 0.15) is 0 Å². The van der Waals surface area contributed by atoms with Gasteiger partial charge >= 0.3 is 0 Å². The Morgan fingerprint density at radius 3 is 1.58 bits per heavy atom. The maximum atomic E-state index is 4.05. The van der Waals surface area contributed by atoms with Crippen LogP contribution in [0.5, 0.6) is 0 Å². The molecular formula is C24H32NP. The van der Waals surface area contributed by atoms with Gasteiger partial charge < -0.3 is 0 Å². The number of rotatable bonds is 2. The molecule has 4 rings (SSSR count). The van der Waals surface area contributed by atoms with E-state index in [1.807, 2.05) is 0 Å². The Kier molecular flexibility index (Phi) is 4.25. The van der Waals surface area contributed by atoms with E-state index >= 15 is 0 Å². The fourth-order valence-electron chi connectivity index (χ4n) is 3.81. The minimum absolute atomic E-state index is 0.192. The van der Waals surface area contributed by atoms with E-state index in [0.717, 1.165) is 0 Å². The molecule has 1 nitrogen and oxygen atoms in total. The van der Waals surface area contributed by atoms with E-state index in [-0.39, 0.29) is 10.8 Å². The monoisotopic (exact) mass is 365 g/mol. The number of benzene rings is 2. The second-order valence-corrected chi connectivity index (χ2v) is 11.9. The zero-order valence-electron chi connectivity index (χ0n) is 17.1. The largest absolute Gasteiger partial charge is 0.271 e. The lowest BCUT2D eigenvalue weighted by Crippen LogP contribution is -2.25. The molecule has 1 aliphatic carbocycles. The van der Waals surface area contributed by atoms with Gasteiger partial charge in [-0.3, -0.25) is 5.09 Å². The molecule has 0 amide bonds. The summed E-state index contributed by atoms with van der Waals surface area (Å²) in [5, 5.41) is 10.0. The van der Waals surface area contributed by atoms with Crippen molar-refractivity contribution in [1.29, 1.82) is 0 Å². The summed E-state index contributed by atoms with van der Waals surface area (Å²) in [6.45, 7) is 13.9. The van der Waals surface area contributed by atoms with Crippen LogP contribution >= 0.6 is 7.68 Å². The molecular weight excluding hydrogens is 333 g/mol. The maximum absolute atomic E-state index is 4.05. The van der Waals surface area contributed by atoms with Gasteiger partial charge in [0.05, 0.1) is 0 Å². The highest BCUT2D eigenvalue weighted by Gasteiger charge is 2.23. The summed E-state index contributed by atoms with van der Waals surface area (Å²) < 4.78 is 0. The van der Waals surface area contributed by atoms with Crippen molar-refractivity contribution < 1.29 is 0 Å². The number of hydrogen-bond acceptors (Lipinski definition) is 1. The van der Waals surface area contributed by atoms with Crippen molar-refractivity contribution in [2.24, 2.45) is 0 Å². The lowest BCUT2D eigenvalue weighted by molar-refractivity contribution is 0.453. The van der Waals surface area contributed by atoms with E-state index in [1.165, 1.54) is 41.2 Å². The third-order valence-corrected chi connectivity index (χ3v) is 8.24. The molecule has 26 heavy (non-hydrogen) atoms. The van der Waals surface area contributed by atoms with Crippen molar-refractivity contribution in [3.8, 4) is 0 Å². The van der Waals surface area contributed by atoms with E-state index in [4.69, 9.17) is 0 Å². The first-order chi connectivity index (χ1) is 12.1. The lowest BCUT2D eigenvalue weighted by atomic mass is 9.86. The summed E-state index contributed by atoms with van der Waals surface area (Å²) in [5.74, 6) is 0. The molecule has 1 saturated carbocycles. The highest BCUT2D eigenvalue weighted by molar-refractivity contribution is 7.62. The van der Waals surface area contributed by atoms with Gasteiger partial charge in [-0.25, -0.2) is 0 Å². The number of hydrogen-bond donors (Lipinski definition) is 1. The third-order valence-electron chi connectivity index (χ3n) is 5.92. The van der Waals surface area contributed by atoms with Gasteiger partial charge in [-0.15, -0.1) is 0 Å². The van der Waals surface area contributed by atoms with Gasteiger partial charge in [0.15, 0.2) is 0 Å². The molecule has 1 aromatic heterocycles. The Hall–Kier alpha value is -1.30. The summed E-state index contributed by atoms with van der Waals surface area (Å²) in [5.41, 5.74) is 3.28. The zero-order valence-corrected chi connectivity index (χ0v) is 18.0. The molecule has 2 heteroatoms. The van der Waals surface area contributed by atoms with Gasteiger partial charge in [0.2, 0.25) is 0 Å². The van der Waals surface area contributed by atoms with E-state index in [9.17, 15) is 0 Å². The zero-order chi connectivity index (χ0) is 18.7. The second kappa shape index (κ2) is 6.11. The average molecular weight is 366 g/mol. The van der Waals surface area contributed by atoms with Crippen LogP contribution in [0, 0.1) is 0 Å². The quantitative estimate of drug-likeness (QED) is 0.491. The predicted octanol–water partition coefficient (Wildman–Crippen LogP) is 7.67. The molecule has 0 saturated heterocycles. The van der Waals surface area contributed by atoms with E-state index in [1.54, 1.807) is 10.2 Å². The average Bonchev–Trinajstić information content (AvgIpc) is 2.81. The van der Waals surface area contributed by atoms with Crippen LogP contribution in [0.1, 0.15) is 71.9 Å². The fraction of sp³-hybridized carbons (Fsp3) is 0.500. The Morgan fingerprint density at radius 1 is 0.769 bits per heavy atom. The van der Waals surface area contributed by atoms with Crippen LogP contribution in [-0.2, 0) is 10.8 Å². The topological polar surface area (TPSA) is 12.0 Å². The Labute approximate surface area is 159 Å². The predicted molar refractivity (Wildman–Crippen MR) is 119 cm³/mol. The lowest BCUT2D eigenvalue weighted by Gasteiger charge is -2.27. The van der Waals surface area contributed by atoms with Crippen molar-refractivity contribution in [3.05, 3.63) is 47.5 Å². The Morgan fingerprint density at radius 2 is 1.23 bits per heavy atom. The van der Waals surface area contributed by atoms with Crippen LogP contribution < -0.4 is 5.09 Å². The second-order valence-electron chi connectivity index (χ2n) is 10.1. The van der Waals surface area contributed by atoms with Crippen LogP contribution in [0.3, 0.4) is 0 Å². The van der Waals surface area contributed by atoms with E-state index < -0.39 is 7.68 Å². The maximum Gasteiger partial charge on any atom is 0.0167 e. The van der Waals surface area contributed by atoms with Crippen LogP contribution in [-0.4, -0.2) is 6.04 Å². The molecule has 3 aromatic rings. The molecule has 1 aliphatic rings. The van der Waals surface area contributed by atoms with Crippen molar-refractivity contribution in [1.82, 2.24) is 0 Å². The first-order valence-corrected chi connectivity index (χ1v) is 11.3. The summed E-state index contributed by atoms with van der Waals surface area (Å²) in [6.07, 6.45) is 4.05. The molecule has 2 aromatic carbocycles. The molecule has 0 spiro atoms. The van der Waals surface area contributed by atoms with Crippen molar-refractivity contribution in [2.45, 2.75) is 77.7 Å².